The number of allylic oxidation sites excluding steroid dienone is 4. The fourth-order valence-electron chi connectivity index (χ4n) is 5.45. The number of ether oxygens (including phenoxy) is 3. The predicted octanol–water partition coefficient (Wildman–Crippen LogP) is 6.05. The number of Topliss-reactive ketones (excluding diaryl/α,β-unsaturated/α-hetero) is 2. The van der Waals surface area contributed by atoms with Crippen LogP contribution in [0.4, 0.5) is 0 Å². The molecule has 0 fully saturated rings. The van der Waals surface area contributed by atoms with E-state index in [4.69, 9.17) is 14.2 Å². The minimum absolute atomic E-state index is 0.0110. The highest BCUT2D eigenvalue weighted by molar-refractivity contribution is 6.06. The molecule has 6 nitrogen and oxygen atoms in total. The van der Waals surface area contributed by atoms with Crippen LogP contribution < -0.4 is 9.47 Å². The van der Waals surface area contributed by atoms with Crippen molar-refractivity contribution in [2.75, 3.05) is 7.11 Å². The smallest absolute Gasteiger partial charge is 0.311 e. The summed E-state index contributed by atoms with van der Waals surface area (Å²) < 4.78 is 17.5. The molecular formula is C29H36O6. The van der Waals surface area contributed by atoms with E-state index in [1.165, 1.54) is 7.11 Å². The fourth-order valence-corrected chi connectivity index (χ4v) is 5.45. The van der Waals surface area contributed by atoms with E-state index in [2.05, 4.69) is 27.7 Å². The average Bonchev–Trinajstić information content (AvgIpc) is 2.70. The molecule has 6 heteroatoms. The van der Waals surface area contributed by atoms with Gasteiger partial charge in [0.2, 0.25) is 0 Å². The summed E-state index contributed by atoms with van der Waals surface area (Å²) in [6.07, 6.45) is 2.37. The second kappa shape index (κ2) is 8.96. The lowest BCUT2D eigenvalue weighted by Gasteiger charge is -2.42. The Kier molecular flexibility index (Phi) is 6.45. The van der Waals surface area contributed by atoms with E-state index in [1.54, 1.807) is 12.1 Å². The summed E-state index contributed by atoms with van der Waals surface area (Å²) in [6, 6.07) is 5.30. The van der Waals surface area contributed by atoms with Crippen LogP contribution in [0.3, 0.4) is 0 Å². The molecule has 1 aromatic rings. The van der Waals surface area contributed by atoms with Gasteiger partial charge in [-0.2, -0.15) is 0 Å². The van der Waals surface area contributed by atoms with Gasteiger partial charge in [-0.15, -0.1) is 0 Å². The number of methoxy groups -OCH3 is 1. The van der Waals surface area contributed by atoms with Crippen molar-refractivity contribution in [2.24, 2.45) is 16.7 Å². The average molecular weight is 481 g/mol. The summed E-state index contributed by atoms with van der Waals surface area (Å²) in [6.45, 7) is 12.2. The number of carbonyl (C=O) groups is 3. The maximum atomic E-state index is 13.4. The number of ketones is 2. The van der Waals surface area contributed by atoms with Crippen LogP contribution in [0.5, 0.6) is 11.5 Å². The lowest BCUT2D eigenvalue weighted by Crippen LogP contribution is -2.37. The minimum Gasteiger partial charge on any atom is -0.493 e. The molecule has 2 aliphatic carbocycles. The molecule has 0 bridgehead atoms. The van der Waals surface area contributed by atoms with Crippen molar-refractivity contribution in [1.29, 1.82) is 0 Å². The van der Waals surface area contributed by atoms with Crippen LogP contribution in [-0.2, 0) is 19.1 Å². The van der Waals surface area contributed by atoms with Crippen LogP contribution >= 0.6 is 0 Å². The second-order valence-corrected chi connectivity index (χ2v) is 12.1. The van der Waals surface area contributed by atoms with Crippen molar-refractivity contribution in [3.63, 3.8) is 0 Å². The molecule has 0 amide bonds. The van der Waals surface area contributed by atoms with E-state index < -0.39 is 5.92 Å². The van der Waals surface area contributed by atoms with Gasteiger partial charge in [-0.1, -0.05) is 47.6 Å². The summed E-state index contributed by atoms with van der Waals surface area (Å²) in [4.78, 5) is 39.1. The van der Waals surface area contributed by atoms with Crippen LogP contribution in [0.2, 0.25) is 0 Å². The van der Waals surface area contributed by atoms with Gasteiger partial charge in [-0.3, -0.25) is 14.4 Å². The topological polar surface area (TPSA) is 78.9 Å². The molecule has 35 heavy (non-hydrogen) atoms. The zero-order valence-corrected chi connectivity index (χ0v) is 21.9. The third-order valence-corrected chi connectivity index (χ3v) is 6.90. The number of hydrogen-bond donors (Lipinski definition) is 0. The molecule has 1 heterocycles. The highest BCUT2D eigenvalue weighted by Gasteiger charge is 2.47. The maximum absolute atomic E-state index is 13.4. The first-order valence-electron chi connectivity index (χ1n) is 12.4. The van der Waals surface area contributed by atoms with E-state index >= 15 is 0 Å². The molecule has 0 unspecified atom stereocenters. The molecule has 0 saturated carbocycles. The third kappa shape index (κ3) is 5.07. The van der Waals surface area contributed by atoms with Crippen LogP contribution in [0.15, 0.2) is 40.9 Å². The fraction of sp³-hybridized carbons (Fsp3) is 0.552. The number of hydrogen-bond acceptors (Lipinski definition) is 6. The van der Waals surface area contributed by atoms with Crippen molar-refractivity contribution in [3.8, 4) is 11.5 Å². The van der Waals surface area contributed by atoms with E-state index in [1.807, 2.05) is 19.9 Å². The van der Waals surface area contributed by atoms with Crippen LogP contribution in [-0.4, -0.2) is 24.6 Å². The molecule has 0 spiro atoms. The molecule has 0 aromatic heterocycles. The summed E-state index contributed by atoms with van der Waals surface area (Å²) >= 11 is 0. The zero-order valence-electron chi connectivity index (χ0n) is 21.9. The van der Waals surface area contributed by atoms with Crippen molar-refractivity contribution in [2.45, 2.75) is 79.6 Å². The van der Waals surface area contributed by atoms with E-state index in [0.717, 1.165) is 5.56 Å². The number of carbonyl (C=O) groups excluding carboxylic acids is 3. The highest BCUT2D eigenvalue weighted by Crippen LogP contribution is 2.53. The molecule has 0 radical (unpaired) electrons. The van der Waals surface area contributed by atoms with Gasteiger partial charge >= 0.3 is 5.97 Å². The summed E-state index contributed by atoms with van der Waals surface area (Å²) in [5.74, 6) is 1.41. The van der Waals surface area contributed by atoms with Crippen molar-refractivity contribution in [1.82, 2.24) is 0 Å². The monoisotopic (exact) mass is 480 g/mol. The van der Waals surface area contributed by atoms with E-state index in [0.29, 0.717) is 66.3 Å². The van der Waals surface area contributed by atoms with E-state index in [-0.39, 0.29) is 34.3 Å². The normalized spacial score (nSPS) is 21.5. The molecule has 0 atom stereocenters. The Morgan fingerprint density at radius 3 is 1.97 bits per heavy atom. The first-order valence-corrected chi connectivity index (χ1v) is 12.4. The Morgan fingerprint density at radius 2 is 1.49 bits per heavy atom. The van der Waals surface area contributed by atoms with Gasteiger partial charge in [-0.05, 0) is 34.4 Å². The third-order valence-electron chi connectivity index (χ3n) is 6.90. The highest BCUT2D eigenvalue weighted by atomic mass is 16.6. The lowest BCUT2D eigenvalue weighted by atomic mass is 9.65. The van der Waals surface area contributed by atoms with Gasteiger partial charge in [0.15, 0.2) is 23.1 Å². The quantitative estimate of drug-likeness (QED) is 0.377. The first-order chi connectivity index (χ1) is 16.3. The van der Waals surface area contributed by atoms with Gasteiger partial charge in [0.05, 0.1) is 7.11 Å². The Hall–Kier alpha value is -2.89. The zero-order chi connectivity index (χ0) is 25.7. The van der Waals surface area contributed by atoms with Crippen molar-refractivity contribution >= 4 is 17.5 Å². The van der Waals surface area contributed by atoms with Gasteiger partial charge in [0.25, 0.3) is 0 Å². The Bertz CT molecular complexity index is 1100. The SMILES string of the molecule is COc1cc(C2C3=C(CC(C)(C)CC3=O)OC3=C2C(=O)CC(C)(C)C3)ccc1OC(=O)CC(C)C. The number of rotatable bonds is 5. The van der Waals surface area contributed by atoms with Crippen LogP contribution in [0.25, 0.3) is 0 Å². The Morgan fingerprint density at radius 1 is 0.943 bits per heavy atom. The molecule has 3 aliphatic rings. The first kappa shape index (κ1) is 25.2. The van der Waals surface area contributed by atoms with Crippen molar-refractivity contribution < 1.29 is 28.6 Å². The van der Waals surface area contributed by atoms with Crippen LogP contribution in [0.1, 0.15) is 85.1 Å². The molecule has 0 N–H and O–H groups in total. The molecule has 0 saturated heterocycles. The Balaban J connectivity index is 1.81. The second-order valence-electron chi connectivity index (χ2n) is 12.1. The van der Waals surface area contributed by atoms with Gasteiger partial charge in [0.1, 0.15) is 11.5 Å². The van der Waals surface area contributed by atoms with Gasteiger partial charge in [-0.25, -0.2) is 0 Å². The van der Waals surface area contributed by atoms with Crippen LogP contribution in [0, 0.1) is 16.7 Å². The largest absolute Gasteiger partial charge is 0.493 e. The van der Waals surface area contributed by atoms with Crippen molar-refractivity contribution in [3.05, 3.63) is 46.4 Å². The lowest BCUT2D eigenvalue weighted by molar-refractivity contribution is -0.135. The van der Waals surface area contributed by atoms with E-state index in [9.17, 15) is 14.4 Å². The van der Waals surface area contributed by atoms with Gasteiger partial charge in [0, 0.05) is 49.2 Å². The molecule has 188 valence electrons. The summed E-state index contributed by atoms with van der Waals surface area (Å²) in [5.41, 5.74) is 1.48. The molecule has 1 aromatic carbocycles. The predicted molar refractivity (Wildman–Crippen MR) is 132 cm³/mol. The summed E-state index contributed by atoms with van der Waals surface area (Å²) in [5, 5.41) is 0. The Labute approximate surface area is 207 Å². The summed E-state index contributed by atoms with van der Waals surface area (Å²) in [7, 11) is 1.51. The number of benzene rings is 1. The molecule has 4 rings (SSSR count). The van der Waals surface area contributed by atoms with Gasteiger partial charge < -0.3 is 14.2 Å². The molecule has 1 aliphatic heterocycles. The maximum Gasteiger partial charge on any atom is 0.311 e. The minimum atomic E-state index is -0.518. The number of esters is 1. The standard InChI is InChI=1S/C29H36O6/c1-16(2)10-24(32)35-20-9-8-17(11-21(20)33-7)25-26-18(30)12-28(3,4)14-22(26)34-23-15-29(5,6)13-19(31)27(23)25/h8-9,11,16,25H,10,12-15H2,1-7H3. The molecular weight excluding hydrogens is 444 g/mol.